The molecule has 138 valence electrons. The highest BCUT2D eigenvalue weighted by molar-refractivity contribution is 6.16. The van der Waals surface area contributed by atoms with Crippen molar-refractivity contribution in [2.45, 2.75) is 20.4 Å². The minimum Gasteiger partial charge on any atom is -0.465 e. The average Bonchev–Trinajstić information content (AvgIpc) is 2.89. The van der Waals surface area contributed by atoms with E-state index >= 15 is 0 Å². The van der Waals surface area contributed by atoms with Crippen molar-refractivity contribution in [1.82, 2.24) is 4.90 Å². The van der Waals surface area contributed by atoms with E-state index in [2.05, 4.69) is 0 Å². The molecule has 4 nitrogen and oxygen atoms in total. The Balaban J connectivity index is 2.00. The molecular weight excluding hydrogens is 345 g/mol. The number of ether oxygens (including phenoxy) is 1. The molecule has 0 N–H and O–H groups in total. The minimum atomic E-state index is -0.569. The van der Waals surface area contributed by atoms with Crippen molar-refractivity contribution in [3.63, 3.8) is 0 Å². The van der Waals surface area contributed by atoms with Crippen LogP contribution < -0.4 is 0 Å². The lowest BCUT2D eigenvalue weighted by atomic mass is 10.0. The lowest BCUT2D eigenvalue weighted by Crippen LogP contribution is -2.24. The Labute approximate surface area is 157 Å². The number of hydrogen-bond donors (Lipinski definition) is 0. The SMILES string of the molecule is COC(=O)C1=C(C)N(Cc2ccc(C)cc2)C(=O)/C1=C\c1ccc(F)cc1. The minimum absolute atomic E-state index is 0.235. The topological polar surface area (TPSA) is 46.6 Å². The van der Waals surface area contributed by atoms with Crippen LogP contribution in [0.25, 0.3) is 6.08 Å². The molecule has 1 aliphatic rings. The van der Waals surface area contributed by atoms with Gasteiger partial charge in [-0.05, 0) is 43.2 Å². The van der Waals surface area contributed by atoms with Gasteiger partial charge in [-0.15, -0.1) is 0 Å². The third kappa shape index (κ3) is 3.82. The molecule has 0 unspecified atom stereocenters. The standard InChI is InChI=1S/C22H20FNO3/c1-14-4-6-17(7-5-14)13-24-15(2)20(22(26)27-3)19(21(24)25)12-16-8-10-18(23)11-9-16/h4-12H,13H2,1-3H3/b19-12-. The van der Waals surface area contributed by atoms with Gasteiger partial charge in [-0.3, -0.25) is 4.79 Å². The number of aryl methyl sites for hydroxylation is 1. The Morgan fingerprint density at radius 1 is 1.07 bits per heavy atom. The molecule has 5 heteroatoms. The zero-order valence-corrected chi connectivity index (χ0v) is 15.5. The third-order valence-corrected chi connectivity index (χ3v) is 4.54. The Kier molecular flexibility index (Phi) is 5.21. The predicted molar refractivity (Wildman–Crippen MR) is 101 cm³/mol. The molecule has 27 heavy (non-hydrogen) atoms. The average molecular weight is 365 g/mol. The molecule has 1 heterocycles. The molecule has 0 aromatic heterocycles. The van der Waals surface area contributed by atoms with Crippen LogP contribution in [0.15, 0.2) is 65.4 Å². The van der Waals surface area contributed by atoms with E-state index in [1.165, 1.54) is 19.2 Å². The van der Waals surface area contributed by atoms with E-state index in [1.807, 2.05) is 31.2 Å². The Hall–Kier alpha value is -3.21. The third-order valence-electron chi connectivity index (χ3n) is 4.54. The maximum atomic E-state index is 13.2. The normalized spacial score (nSPS) is 15.6. The van der Waals surface area contributed by atoms with Gasteiger partial charge in [0.1, 0.15) is 5.82 Å². The first kappa shape index (κ1) is 18.6. The number of esters is 1. The molecule has 0 aliphatic carbocycles. The summed E-state index contributed by atoms with van der Waals surface area (Å²) in [7, 11) is 1.28. The molecule has 3 rings (SSSR count). The van der Waals surface area contributed by atoms with Gasteiger partial charge in [-0.1, -0.05) is 42.0 Å². The van der Waals surface area contributed by atoms with Crippen LogP contribution in [0.3, 0.4) is 0 Å². The zero-order chi connectivity index (χ0) is 19.6. The summed E-state index contributed by atoms with van der Waals surface area (Å²) in [5.74, 6) is -1.21. The molecule has 0 atom stereocenters. The summed E-state index contributed by atoms with van der Waals surface area (Å²) in [5, 5.41) is 0. The van der Waals surface area contributed by atoms with Gasteiger partial charge in [0, 0.05) is 5.70 Å². The highest BCUT2D eigenvalue weighted by Gasteiger charge is 2.36. The van der Waals surface area contributed by atoms with Gasteiger partial charge in [-0.2, -0.15) is 0 Å². The van der Waals surface area contributed by atoms with Crippen molar-refractivity contribution in [3.8, 4) is 0 Å². The van der Waals surface area contributed by atoms with Gasteiger partial charge in [-0.25, -0.2) is 9.18 Å². The largest absolute Gasteiger partial charge is 0.465 e. The van der Waals surface area contributed by atoms with Gasteiger partial charge >= 0.3 is 5.97 Å². The second kappa shape index (κ2) is 7.58. The summed E-state index contributed by atoms with van der Waals surface area (Å²) in [4.78, 5) is 26.9. The van der Waals surface area contributed by atoms with Crippen molar-refractivity contribution < 1.29 is 18.7 Å². The van der Waals surface area contributed by atoms with Crippen LogP contribution in [0, 0.1) is 12.7 Å². The van der Waals surface area contributed by atoms with Crippen molar-refractivity contribution >= 4 is 18.0 Å². The number of benzene rings is 2. The van der Waals surface area contributed by atoms with Crippen LogP contribution in [0.4, 0.5) is 4.39 Å². The predicted octanol–water partition coefficient (Wildman–Crippen LogP) is 4.01. The van der Waals surface area contributed by atoms with Crippen LogP contribution in [0.5, 0.6) is 0 Å². The molecule has 0 saturated heterocycles. The Morgan fingerprint density at radius 3 is 2.30 bits per heavy atom. The number of rotatable bonds is 4. The fourth-order valence-electron chi connectivity index (χ4n) is 3.02. The van der Waals surface area contributed by atoms with Gasteiger partial charge in [0.25, 0.3) is 5.91 Å². The number of carbonyl (C=O) groups excluding carboxylic acids is 2. The van der Waals surface area contributed by atoms with Crippen molar-refractivity contribution in [2.75, 3.05) is 7.11 Å². The van der Waals surface area contributed by atoms with Crippen LogP contribution in [-0.4, -0.2) is 23.9 Å². The van der Waals surface area contributed by atoms with Crippen LogP contribution in [0.2, 0.25) is 0 Å². The van der Waals surface area contributed by atoms with E-state index in [1.54, 1.807) is 30.0 Å². The van der Waals surface area contributed by atoms with E-state index in [4.69, 9.17) is 4.74 Å². The maximum Gasteiger partial charge on any atom is 0.340 e. The fraction of sp³-hybridized carbons (Fsp3) is 0.182. The van der Waals surface area contributed by atoms with Crippen molar-refractivity contribution in [1.29, 1.82) is 0 Å². The maximum absolute atomic E-state index is 13.2. The molecule has 0 spiro atoms. The molecule has 1 aliphatic heterocycles. The first-order chi connectivity index (χ1) is 12.9. The van der Waals surface area contributed by atoms with Crippen LogP contribution in [-0.2, 0) is 20.9 Å². The van der Waals surface area contributed by atoms with Gasteiger partial charge in [0.15, 0.2) is 0 Å². The van der Waals surface area contributed by atoms with Gasteiger partial charge < -0.3 is 9.64 Å². The van der Waals surface area contributed by atoms with Gasteiger partial charge in [0.05, 0.1) is 24.8 Å². The number of methoxy groups -OCH3 is 1. The van der Waals surface area contributed by atoms with Crippen LogP contribution >= 0.6 is 0 Å². The van der Waals surface area contributed by atoms with E-state index < -0.39 is 5.97 Å². The highest BCUT2D eigenvalue weighted by Crippen LogP contribution is 2.32. The number of nitrogens with zero attached hydrogens (tertiary/aromatic N) is 1. The molecule has 0 bridgehead atoms. The summed E-state index contributed by atoms with van der Waals surface area (Å²) in [5.41, 5.74) is 3.75. The number of halogens is 1. The Morgan fingerprint density at radius 2 is 1.70 bits per heavy atom. The summed E-state index contributed by atoms with van der Waals surface area (Å²) < 4.78 is 18.0. The molecule has 2 aromatic carbocycles. The lowest BCUT2D eigenvalue weighted by Gasteiger charge is -2.18. The summed E-state index contributed by atoms with van der Waals surface area (Å²) in [6.45, 7) is 4.07. The zero-order valence-electron chi connectivity index (χ0n) is 15.5. The van der Waals surface area contributed by atoms with E-state index in [9.17, 15) is 14.0 Å². The lowest BCUT2D eigenvalue weighted by molar-refractivity contribution is -0.136. The Bertz CT molecular complexity index is 941. The van der Waals surface area contributed by atoms with E-state index in [0.717, 1.165) is 11.1 Å². The summed E-state index contributed by atoms with van der Waals surface area (Å²) >= 11 is 0. The molecule has 0 fully saturated rings. The number of hydrogen-bond acceptors (Lipinski definition) is 3. The first-order valence-corrected chi connectivity index (χ1v) is 8.55. The number of allylic oxidation sites excluding steroid dienone is 1. The molecule has 1 amide bonds. The molecular formula is C22H20FNO3. The monoisotopic (exact) mass is 365 g/mol. The summed E-state index contributed by atoms with van der Waals surface area (Å²) in [6.07, 6.45) is 1.59. The molecule has 0 saturated carbocycles. The highest BCUT2D eigenvalue weighted by atomic mass is 19.1. The summed E-state index contributed by atoms with van der Waals surface area (Å²) in [6, 6.07) is 13.6. The van der Waals surface area contributed by atoms with Gasteiger partial charge in [0.2, 0.25) is 0 Å². The quantitative estimate of drug-likeness (QED) is 0.608. The molecule has 0 radical (unpaired) electrons. The smallest absolute Gasteiger partial charge is 0.340 e. The van der Waals surface area contributed by atoms with Crippen molar-refractivity contribution in [3.05, 3.63) is 87.9 Å². The van der Waals surface area contributed by atoms with E-state index in [0.29, 0.717) is 17.8 Å². The van der Waals surface area contributed by atoms with Crippen LogP contribution in [0.1, 0.15) is 23.6 Å². The fourth-order valence-corrected chi connectivity index (χ4v) is 3.02. The molecule has 2 aromatic rings. The number of amides is 1. The first-order valence-electron chi connectivity index (χ1n) is 8.55. The van der Waals surface area contributed by atoms with E-state index in [-0.39, 0.29) is 22.9 Å². The number of carbonyl (C=O) groups is 2. The van der Waals surface area contributed by atoms with Crippen molar-refractivity contribution in [2.24, 2.45) is 0 Å². The second-order valence-corrected chi connectivity index (χ2v) is 6.44. The second-order valence-electron chi connectivity index (χ2n) is 6.44.